The summed E-state index contributed by atoms with van der Waals surface area (Å²) in [5.41, 5.74) is 6.17. The van der Waals surface area contributed by atoms with Crippen molar-refractivity contribution >= 4 is 11.3 Å². The van der Waals surface area contributed by atoms with Gasteiger partial charge in [-0.1, -0.05) is 63.7 Å². The van der Waals surface area contributed by atoms with Crippen LogP contribution in [-0.4, -0.2) is 18.4 Å². The van der Waals surface area contributed by atoms with E-state index in [1.54, 1.807) is 11.3 Å². The van der Waals surface area contributed by atoms with Gasteiger partial charge in [-0.15, -0.1) is 11.3 Å². The van der Waals surface area contributed by atoms with Gasteiger partial charge in [-0.25, -0.2) is 0 Å². The van der Waals surface area contributed by atoms with E-state index in [4.69, 9.17) is 15.2 Å². The van der Waals surface area contributed by atoms with Crippen molar-refractivity contribution in [2.75, 3.05) is 6.61 Å². The molecule has 0 aromatic carbocycles. The summed E-state index contributed by atoms with van der Waals surface area (Å²) in [4.78, 5) is 2.24. The predicted octanol–water partition coefficient (Wildman–Crippen LogP) is 5.78. The number of unbranched alkanes of at least 4 members (excludes halogenated alkanes) is 8. The summed E-state index contributed by atoms with van der Waals surface area (Å²) in [7, 11) is 0. The second-order valence-electron chi connectivity index (χ2n) is 7.64. The largest absolute Gasteiger partial charge is 0.349 e. The van der Waals surface area contributed by atoms with Gasteiger partial charge in [0.25, 0.3) is 0 Å². The number of hydrogen-bond donors (Lipinski definition) is 1. The number of nitrogens with two attached hydrogens (primary N) is 1. The smallest absolute Gasteiger partial charge is 0.163 e. The van der Waals surface area contributed by atoms with Gasteiger partial charge in [0.05, 0.1) is 17.5 Å². The molecule has 1 fully saturated rings. The molecule has 2 N–H and O–H groups in total. The molecule has 1 aromatic heterocycles. The fraction of sp³-hybridized carbons (Fsp3) is 0.727. The van der Waals surface area contributed by atoms with E-state index in [0.29, 0.717) is 6.61 Å². The summed E-state index contributed by atoms with van der Waals surface area (Å²) in [6, 6.07) is 4.05. The molecular formula is C22H35NO2S. The normalized spacial score (nSPS) is 22.0. The molecule has 26 heavy (non-hydrogen) atoms. The lowest BCUT2D eigenvalue weighted by atomic mass is 10.1. The van der Waals surface area contributed by atoms with E-state index in [-0.39, 0.29) is 12.1 Å². The number of ether oxygens (including phenoxy) is 2. The third-order valence-electron chi connectivity index (χ3n) is 4.70. The van der Waals surface area contributed by atoms with Gasteiger partial charge in [-0.05, 0) is 32.4 Å². The van der Waals surface area contributed by atoms with Crippen LogP contribution in [0.5, 0.6) is 0 Å². The van der Waals surface area contributed by atoms with Crippen molar-refractivity contribution in [1.82, 2.24) is 0 Å². The van der Waals surface area contributed by atoms with Crippen LogP contribution in [0.15, 0.2) is 12.1 Å². The maximum Gasteiger partial charge on any atom is 0.163 e. The molecule has 2 rings (SSSR count). The van der Waals surface area contributed by atoms with Gasteiger partial charge < -0.3 is 15.2 Å². The van der Waals surface area contributed by atoms with Crippen LogP contribution in [-0.2, 0) is 9.47 Å². The van der Waals surface area contributed by atoms with Gasteiger partial charge in [0.15, 0.2) is 5.79 Å². The third kappa shape index (κ3) is 7.40. The van der Waals surface area contributed by atoms with Crippen molar-refractivity contribution in [2.24, 2.45) is 5.73 Å². The molecule has 3 nitrogen and oxygen atoms in total. The van der Waals surface area contributed by atoms with Crippen LogP contribution in [0.2, 0.25) is 0 Å². The van der Waals surface area contributed by atoms with Crippen molar-refractivity contribution in [3.05, 3.63) is 21.9 Å². The van der Waals surface area contributed by atoms with Crippen LogP contribution in [0.25, 0.3) is 0 Å². The highest BCUT2D eigenvalue weighted by Crippen LogP contribution is 2.35. The van der Waals surface area contributed by atoms with Crippen molar-refractivity contribution < 1.29 is 9.47 Å². The van der Waals surface area contributed by atoms with Gasteiger partial charge in [0.1, 0.15) is 6.10 Å². The van der Waals surface area contributed by atoms with Gasteiger partial charge in [-0.3, -0.25) is 0 Å². The average molecular weight is 378 g/mol. The Balaban J connectivity index is 1.69. The molecule has 0 bridgehead atoms. The maximum absolute atomic E-state index is 6.17. The Hall–Kier alpha value is -0.860. The summed E-state index contributed by atoms with van der Waals surface area (Å²) in [6.07, 6.45) is 11.6. The Morgan fingerprint density at radius 3 is 2.54 bits per heavy atom. The van der Waals surface area contributed by atoms with E-state index in [1.807, 2.05) is 13.8 Å². The molecule has 2 unspecified atom stereocenters. The van der Waals surface area contributed by atoms with E-state index in [2.05, 4.69) is 30.9 Å². The first kappa shape index (κ1) is 21.4. The highest BCUT2D eigenvalue weighted by Gasteiger charge is 2.36. The average Bonchev–Trinajstić information content (AvgIpc) is 3.07. The SMILES string of the molecule is CCCCCCCCCCC#Cc1ccc(C2OC(C)(C)OCC2N)s1. The molecule has 1 saturated heterocycles. The number of hydrogen-bond acceptors (Lipinski definition) is 4. The van der Waals surface area contributed by atoms with Gasteiger partial charge in [0.2, 0.25) is 0 Å². The van der Waals surface area contributed by atoms with Crippen LogP contribution in [0.1, 0.15) is 94.4 Å². The molecule has 1 aromatic rings. The van der Waals surface area contributed by atoms with E-state index >= 15 is 0 Å². The minimum absolute atomic E-state index is 0.105. The fourth-order valence-electron chi connectivity index (χ4n) is 3.15. The second kappa shape index (κ2) is 11.1. The Bertz CT molecular complexity index is 584. The molecule has 146 valence electrons. The van der Waals surface area contributed by atoms with Gasteiger partial charge in [-0.2, -0.15) is 0 Å². The van der Waals surface area contributed by atoms with E-state index in [0.717, 1.165) is 16.2 Å². The molecular weight excluding hydrogens is 342 g/mol. The third-order valence-corrected chi connectivity index (χ3v) is 5.76. The predicted molar refractivity (Wildman–Crippen MR) is 110 cm³/mol. The highest BCUT2D eigenvalue weighted by molar-refractivity contribution is 7.12. The molecule has 4 heteroatoms. The van der Waals surface area contributed by atoms with Crippen LogP contribution in [0, 0.1) is 11.8 Å². The van der Waals surface area contributed by atoms with Crippen molar-refractivity contribution in [1.29, 1.82) is 0 Å². The molecule has 0 spiro atoms. The first-order valence-electron chi connectivity index (χ1n) is 10.2. The van der Waals surface area contributed by atoms with Crippen LogP contribution in [0.3, 0.4) is 0 Å². The fourth-order valence-corrected chi connectivity index (χ4v) is 4.14. The molecule has 1 aliphatic heterocycles. The first-order chi connectivity index (χ1) is 12.5. The van der Waals surface area contributed by atoms with Gasteiger partial charge in [0, 0.05) is 11.3 Å². The van der Waals surface area contributed by atoms with E-state index in [9.17, 15) is 0 Å². The Labute approximate surface area is 163 Å². The molecule has 2 heterocycles. The standard InChI is InChI=1S/C22H35NO2S/c1-4-5-6-7-8-9-10-11-12-13-14-18-15-16-20(26-18)21-19(23)17-24-22(2,3)25-21/h15-16,19,21H,4-12,17,23H2,1-3H3. The summed E-state index contributed by atoms with van der Waals surface area (Å²) in [6.45, 7) is 6.66. The maximum atomic E-state index is 6.17. The molecule has 0 aliphatic carbocycles. The van der Waals surface area contributed by atoms with E-state index in [1.165, 1.54) is 51.4 Å². The highest BCUT2D eigenvalue weighted by atomic mass is 32.1. The van der Waals surface area contributed by atoms with Crippen LogP contribution in [0.4, 0.5) is 0 Å². The monoisotopic (exact) mass is 377 g/mol. The molecule has 1 aliphatic rings. The lowest BCUT2D eigenvalue weighted by Gasteiger charge is -2.39. The topological polar surface area (TPSA) is 44.5 Å². The lowest BCUT2D eigenvalue weighted by Crippen LogP contribution is -2.47. The van der Waals surface area contributed by atoms with Crippen molar-refractivity contribution in [3.8, 4) is 11.8 Å². The van der Waals surface area contributed by atoms with Crippen molar-refractivity contribution in [3.63, 3.8) is 0 Å². The van der Waals surface area contributed by atoms with E-state index < -0.39 is 5.79 Å². The first-order valence-corrected chi connectivity index (χ1v) is 11.0. The summed E-state index contributed by atoms with van der Waals surface area (Å²) in [5, 5.41) is 0. The zero-order valence-corrected chi connectivity index (χ0v) is 17.5. The summed E-state index contributed by atoms with van der Waals surface area (Å²) in [5.74, 6) is 6.04. The Morgan fingerprint density at radius 2 is 1.81 bits per heavy atom. The molecule has 0 saturated carbocycles. The minimum Gasteiger partial charge on any atom is -0.349 e. The Morgan fingerprint density at radius 1 is 1.12 bits per heavy atom. The zero-order chi connectivity index (χ0) is 18.8. The lowest BCUT2D eigenvalue weighted by molar-refractivity contribution is -0.281. The summed E-state index contributed by atoms with van der Waals surface area (Å²) < 4.78 is 11.6. The molecule has 2 atom stereocenters. The second-order valence-corrected chi connectivity index (χ2v) is 8.76. The summed E-state index contributed by atoms with van der Waals surface area (Å²) >= 11 is 1.69. The van der Waals surface area contributed by atoms with Crippen molar-refractivity contribution in [2.45, 2.75) is 96.5 Å². The molecule has 0 amide bonds. The minimum atomic E-state index is -0.576. The van der Waals surface area contributed by atoms with Gasteiger partial charge >= 0.3 is 0 Å². The molecule has 0 radical (unpaired) electrons. The Kier molecular flexibility index (Phi) is 9.15. The zero-order valence-electron chi connectivity index (χ0n) is 16.7. The number of thiophene rings is 1. The van der Waals surface area contributed by atoms with Crippen LogP contribution >= 0.6 is 11.3 Å². The quantitative estimate of drug-likeness (QED) is 0.438. The number of rotatable bonds is 9. The van der Waals surface area contributed by atoms with Crippen LogP contribution < -0.4 is 5.73 Å².